The zero-order valence-electron chi connectivity index (χ0n) is 9.27. The summed E-state index contributed by atoms with van der Waals surface area (Å²) in [5.74, 6) is -1.41. The molecule has 0 aliphatic rings. The summed E-state index contributed by atoms with van der Waals surface area (Å²) >= 11 is 1.06. The van der Waals surface area contributed by atoms with E-state index in [0.717, 1.165) is 23.5 Å². The number of halogens is 3. The van der Waals surface area contributed by atoms with Gasteiger partial charge in [-0.15, -0.1) is 24.5 Å². The zero-order chi connectivity index (χ0) is 14.0. The maximum atomic E-state index is 12.0. The number of hydrogen-bond acceptors (Lipinski definition) is 3. The fraction of sp³-hybridized carbons (Fsp3) is 0.0833. The van der Waals surface area contributed by atoms with Gasteiger partial charge in [0, 0.05) is 5.56 Å². The number of rotatable bonds is 3. The van der Waals surface area contributed by atoms with Crippen LogP contribution in [0, 0.1) is 0 Å². The van der Waals surface area contributed by atoms with Crippen LogP contribution in [0.25, 0.3) is 11.1 Å². The summed E-state index contributed by atoms with van der Waals surface area (Å²) in [6.07, 6.45) is -4.74. The number of hydrogen-bond donors (Lipinski definition) is 1. The largest absolute Gasteiger partial charge is 0.573 e. The van der Waals surface area contributed by atoms with Crippen molar-refractivity contribution in [1.82, 2.24) is 0 Å². The highest BCUT2D eigenvalue weighted by atomic mass is 32.1. The second-order valence-electron chi connectivity index (χ2n) is 3.54. The van der Waals surface area contributed by atoms with E-state index in [1.807, 2.05) is 0 Å². The Morgan fingerprint density at radius 1 is 1.16 bits per heavy atom. The summed E-state index contributed by atoms with van der Waals surface area (Å²) in [7, 11) is 0. The second kappa shape index (κ2) is 4.93. The van der Waals surface area contributed by atoms with E-state index < -0.39 is 12.3 Å². The van der Waals surface area contributed by atoms with Gasteiger partial charge in [-0.2, -0.15) is 0 Å². The lowest BCUT2D eigenvalue weighted by Crippen LogP contribution is -2.16. The van der Waals surface area contributed by atoms with Crippen molar-refractivity contribution in [3.8, 4) is 16.9 Å². The summed E-state index contributed by atoms with van der Waals surface area (Å²) in [4.78, 5) is 11.1. The minimum atomic E-state index is -4.74. The van der Waals surface area contributed by atoms with Crippen molar-refractivity contribution in [2.75, 3.05) is 0 Å². The summed E-state index contributed by atoms with van der Waals surface area (Å²) in [6.45, 7) is 0. The van der Waals surface area contributed by atoms with E-state index in [1.54, 1.807) is 11.4 Å². The van der Waals surface area contributed by atoms with Crippen molar-refractivity contribution in [3.05, 3.63) is 40.6 Å². The Bertz CT molecular complexity index is 587. The minimum Gasteiger partial charge on any atom is -0.477 e. The van der Waals surface area contributed by atoms with E-state index in [0.29, 0.717) is 11.1 Å². The number of aromatic carboxylic acids is 1. The van der Waals surface area contributed by atoms with Crippen molar-refractivity contribution in [2.24, 2.45) is 0 Å². The van der Waals surface area contributed by atoms with E-state index in [9.17, 15) is 18.0 Å². The van der Waals surface area contributed by atoms with E-state index in [4.69, 9.17) is 5.11 Å². The van der Waals surface area contributed by atoms with Crippen LogP contribution < -0.4 is 4.74 Å². The van der Waals surface area contributed by atoms with Crippen LogP contribution in [-0.4, -0.2) is 17.4 Å². The average Bonchev–Trinajstić information content (AvgIpc) is 2.76. The molecular weight excluding hydrogens is 281 g/mol. The molecular formula is C12H7F3O3S. The van der Waals surface area contributed by atoms with Crippen molar-refractivity contribution < 1.29 is 27.8 Å². The molecule has 0 aliphatic heterocycles. The molecule has 0 fully saturated rings. The van der Waals surface area contributed by atoms with Crippen LogP contribution in [0.4, 0.5) is 13.2 Å². The quantitative estimate of drug-likeness (QED) is 0.928. The normalized spacial score (nSPS) is 11.3. The molecule has 0 aliphatic carbocycles. The molecule has 1 N–H and O–H groups in total. The molecule has 19 heavy (non-hydrogen) atoms. The highest BCUT2D eigenvalue weighted by Gasteiger charge is 2.31. The van der Waals surface area contributed by atoms with E-state index in [-0.39, 0.29) is 10.6 Å². The van der Waals surface area contributed by atoms with Crippen LogP contribution in [-0.2, 0) is 0 Å². The summed E-state index contributed by atoms with van der Waals surface area (Å²) < 4.78 is 39.7. The van der Waals surface area contributed by atoms with Crippen LogP contribution in [0.15, 0.2) is 35.7 Å². The minimum absolute atomic E-state index is 0.143. The van der Waals surface area contributed by atoms with Crippen molar-refractivity contribution in [1.29, 1.82) is 0 Å². The Hall–Kier alpha value is -2.02. The number of benzene rings is 1. The standard InChI is InChI=1S/C12H7F3O3S/c13-12(14,15)18-8-3-1-7(2-4-8)9-5-6-19-10(9)11(16)17/h1-6H,(H,16,17). The molecule has 1 heterocycles. The van der Waals surface area contributed by atoms with Crippen molar-refractivity contribution in [2.45, 2.75) is 6.36 Å². The smallest absolute Gasteiger partial charge is 0.477 e. The van der Waals surface area contributed by atoms with Gasteiger partial charge in [0.1, 0.15) is 10.6 Å². The first kappa shape index (κ1) is 13.4. The van der Waals surface area contributed by atoms with Gasteiger partial charge in [-0.1, -0.05) is 12.1 Å². The summed E-state index contributed by atoms with van der Waals surface area (Å²) in [5.41, 5.74) is 0.990. The third kappa shape index (κ3) is 3.25. The monoisotopic (exact) mass is 288 g/mol. The highest BCUT2D eigenvalue weighted by Crippen LogP contribution is 2.30. The van der Waals surface area contributed by atoms with Gasteiger partial charge in [0.15, 0.2) is 0 Å². The van der Waals surface area contributed by atoms with Gasteiger partial charge in [0.05, 0.1) is 0 Å². The Labute approximate surface area is 109 Å². The Morgan fingerprint density at radius 2 is 1.79 bits per heavy atom. The van der Waals surface area contributed by atoms with Crippen LogP contribution in [0.1, 0.15) is 9.67 Å². The molecule has 0 saturated heterocycles. The van der Waals surface area contributed by atoms with Gasteiger partial charge < -0.3 is 9.84 Å². The van der Waals surface area contributed by atoms with Gasteiger partial charge in [0.2, 0.25) is 0 Å². The predicted molar refractivity (Wildman–Crippen MR) is 63.4 cm³/mol. The van der Waals surface area contributed by atoms with Gasteiger partial charge in [-0.05, 0) is 29.1 Å². The molecule has 0 saturated carbocycles. The molecule has 0 bridgehead atoms. The fourth-order valence-electron chi connectivity index (χ4n) is 1.54. The van der Waals surface area contributed by atoms with Crippen LogP contribution in [0.5, 0.6) is 5.75 Å². The molecule has 2 rings (SSSR count). The maximum Gasteiger partial charge on any atom is 0.573 e. The third-order valence-corrected chi connectivity index (χ3v) is 3.16. The molecule has 100 valence electrons. The average molecular weight is 288 g/mol. The fourth-order valence-corrected chi connectivity index (χ4v) is 2.29. The molecule has 0 amide bonds. The molecule has 0 radical (unpaired) electrons. The number of alkyl halides is 3. The first-order valence-electron chi connectivity index (χ1n) is 5.04. The van der Waals surface area contributed by atoms with Crippen LogP contribution in [0.2, 0.25) is 0 Å². The maximum absolute atomic E-state index is 12.0. The lowest BCUT2D eigenvalue weighted by molar-refractivity contribution is -0.274. The molecule has 0 spiro atoms. The Morgan fingerprint density at radius 3 is 2.32 bits per heavy atom. The molecule has 1 aromatic heterocycles. The van der Waals surface area contributed by atoms with Crippen LogP contribution in [0.3, 0.4) is 0 Å². The SMILES string of the molecule is O=C(O)c1sccc1-c1ccc(OC(F)(F)F)cc1. The lowest BCUT2D eigenvalue weighted by atomic mass is 10.1. The van der Waals surface area contributed by atoms with E-state index >= 15 is 0 Å². The topological polar surface area (TPSA) is 46.5 Å². The third-order valence-electron chi connectivity index (χ3n) is 2.26. The van der Waals surface area contributed by atoms with Crippen molar-refractivity contribution in [3.63, 3.8) is 0 Å². The molecule has 2 aromatic rings. The Kier molecular flexibility index (Phi) is 3.48. The second-order valence-corrected chi connectivity index (χ2v) is 4.46. The summed E-state index contributed by atoms with van der Waals surface area (Å²) in [6, 6.07) is 6.66. The molecule has 3 nitrogen and oxygen atoms in total. The van der Waals surface area contributed by atoms with Crippen molar-refractivity contribution >= 4 is 17.3 Å². The van der Waals surface area contributed by atoms with Gasteiger partial charge >= 0.3 is 12.3 Å². The number of ether oxygens (including phenoxy) is 1. The van der Waals surface area contributed by atoms with Gasteiger partial charge in [-0.3, -0.25) is 0 Å². The summed E-state index contributed by atoms with van der Waals surface area (Å²) in [5, 5.41) is 10.6. The Balaban J connectivity index is 2.28. The van der Waals surface area contributed by atoms with E-state index in [1.165, 1.54) is 12.1 Å². The predicted octanol–water partition coefficient (Wildman–Crippen LogP) is 4.01. The van der Waals surface area contributed by atoms with Crippen LogP contribution >= 0.6 is 11.3 Å². The molecule has 0 unspecified atom stereocenters. The van der Waals surface area contributed by atoms with E-state index in [2.05, 4.69) is 4.74 Å². The number of thiophene rings is 1. The number of carbonyl (C=O) groups is 1. The number of carboxylic acid groups (broad SMARTS) is 1. The highest BCUT2D eigenvalue weighted by molar-refractivity contribution is 7.12. The first-order chi connectivity index (χ1) is 8.87. The zero-order valence-corrected chi connectivity index (χ0v) is 10.1. The van der Waals surface area contributed by atoms with Gasteiger partial charge in [0.25, 0.3) is 0 Å². The van der Waals surface area contributed by atoms with Gasteiger partial charge in [-0.25, -0.2) is 4.79 Å². The molecule has 0 atom stereocenters. The lowest BCUT2D eigenvalue weighted by Gasteiger charge is -2.09. The molecule has 7 heteroatoms. The number of carboxylic acids is 1. The first-order valence-corrected chi connectivity index (χ1v) is 5.92. The molecule has 1 aromatic carbocycles.